The molecule has 0 radical (unpaired) electrons. The monoisotopic (exact) mass is 500 g/mol. The predicted octanol–water partition coefficient (Wildman–Crippen LogP) is 6.21. The lowest BCUT2D eigenvalue weighted by molar-refractivity contribution is -0.160. The van der Waals surface area contributed by atoms with Crippen LogP contribution in [0, 0.1) is 0 Å². The van der Waals surface area contributed by atoms with Crippen LogP contribution in [0.5, 0.6) is 0 Å². The highest BCUT2D eigenvalue weighted by Gasteiger charge is 2.30. The molecule has 0 aliphatic heterocycles. The number of amides is 2. The molecule has 2 amide bonds. The van der Waals surface area contributed by atoms with E-state index in [-0.39, 0.29) is 30.8 Å². The van der Waals surface area contributed by atoms with Gasteiger partial charge in [0.1, 0.15) is 6.54 Å². The summed E-state index contributed by atoms with van der Waals surface area (Å²) in [4.78, 5) is 40.6. The van der Waals surface area contributed by atoms with E-state index in [1.807, 2.05) is 54.6 Å². The van der Waals surface area contributed by atoms with Crippen LogP contribution in [0.25, 0.3) is 0 Å². The van der Waals surface area contributed by atoms with E-state index in [1.54, 1.807) is 24.3 Å². The number of hydrogen-bond acceptors (Lipinski definition) is 4. The second-order valence-corrected chi connectivity index (χ2v) is 9.75. The van der Waals surface area contributed by atoms with Gasteiger partial charge in [0.2, 0.25) is 12.0 Å². The fourth-order valence-electron chi connectivity index (χ4n) is 4.28. The first-order valence-corrected chi connectivity index (χ1v) is 12.6. The van der Waals surface area contributed by atoms with Gasteiger partial charge in [-0.1, -0.05) is 107 Å². The molecule has 1 atom stereocenters. The molecule has 0 heterocycles. The maximum absolute atomic E-state index is 13.8. The summed E-state index contributed by atoms with van der Waals surface area (Å²) in [6.45, 7) is 9.62. The summed E-state index contributed by atoms with van der Waals surface area (Å²) in [6, 6.07) is 24.4. The first-order valence-electron chi connectivity index (χ1n) is 12.6. The first-order chi connectivity index (χ1) is 17.7. The number of nitrogens with zero attached hydrogens (tertiary/aromatic N) is 1. The summed E-state index contributed by atoms with van der Waals surface area (Å²) in [6.07, 6.45) is -1.15. The molecule has 0 saturated heterocycles. The van der Waals surface area contributed by atoms with Crippen LogP contribution >= 0.6 is 0 Å². The Bertz CT molecular complexity index is 1180. The Morgan fingerprint density at radius 3 is 1.84 bits per heavy atom. The van der Waals surface area contributed by atoms with Crippen molar-refractivity contribution in [2.75, 3.05) is 11.9 Å². The lowest BCUT2D eigenvalue weighted by Gasteiger charge is -2.28. The topological polar surface area (TPSA) is 75.7 Å². The van der Waals surface area contributed by atoms with Crippen molar-refractivity contribution in [1.82, 2.24) is 4.90 Å². The van der Waals surface area contributed by atoms with Crippen molar-refractivity contribution in [3.63, 3.8) is 0 Å². The Labute approximate surface area is 219 Å². The normalized spacial score (nSPS) is 11.8. The smallest absolute Gasteiger partial charge is 0.303 e. The van der Waals surface area contributed by atoms with Gasteiger partial charge in [-0.25, -0.2) is 0 Å². The third kappa shape index (κ3) is 7.53. The molecule has 0 bridgehead atoms. The van der Waals surface area contributed by atoms with Gasteiger partial charge in [0.25, 0.3) is 5.91 Å². The van der Waals surface area contributed by atoms with E-state index < -0.39 is 18.0 Å². The zero-order valence-electron chi connectivity index (χ0n) is 22.2. The van der Waals surface area contributed by atoms with Gasteiger partial charge in [0.05, 0.1) is 0 Å². The Morgan fingerprint density at radius 2 is 1.32 bits per heavy atom. The Kier molecular flexibility index (Phi) is 9.61. The van der Waals surface area contributed by atoms with E-state index in [4.69, 9.17) is 4.74 Å². The van der Waals surface area contributed by atoms with Gasteiger partial charge in [-0.3, -0.25) is 14.4 Å². The number of rotatable bonds is 10. The minimum atomic E-state index is -1.15. The van der Waals surface area contributed by atoms with Crippen LogP contribution in [0.2, 0.25) is 0 Å². The summed E-state index contributed by atoms with van der Waals surface area (Å²) in [5.41, 5.74) is 4.30. The van der Waals surface area contributed by atoms with E-state index >= 15 is 0 Å². The van der Waals surface area contributed by atoms with Gasteiger partial charge in [0.15, 0.2) is 0 Å². The van der Waals surface area contributed by atoms with Crippen molar-refractivity contribution in [3.8, 4) is 0 Å². The molecular weight excluding hydrogens is 464 g/mol. The van der Waals surface area contributed by atoms with Crippen LogP contribution in [0.4, 0.5) is 5.69 Å². The molecule has 37 heavy (non-hydrogen) atoms. The van der Waals surface area contributed by atoms with Crippen LogP contribution in [-0.4, -0.2) is 29.2 Å². The van der Waals surface area contributed by atoms with Crippen molar-refractivity contribution in [2.45, 2.75) is 59.1 Å². The maximum atomic E-state index is 13.8. The van der Waals surface area contributed by atoms with E-state index in [1.165, 1.54) is 11.8 Å². The van der Waals surface area contributed by atoms with Crippen molar-refractivity contribution in [3.05, 3.63) is 101 Å². The molecule has 6 nitrogen and oxygen atoms in total. The Hall–Kier alpha value is -3.93. The lowest BCUT2D eigenvalue weighted by atomic mass is 9.92. The molecule has 3 rings (SSSR count). The van der Waals surface area contributed by atoms with Crippen molar-refractivity contribution >= 4 is 23.5 Å². The zero-order valence-corrected chi connectivity index (χ0v) is 22.2. The number of nitrogens with one attached hydrogen (secondary N) is 1. The highest BCUT2D eigenvalue weighted by molar-refractivity contribution is 5.97. The van der Waals surface area contributed by atoms with Crippen molar-refractivity contribution in [2.24, 2.45) is 0 Å². The molecular formula is C31H36N2O4. The minimum Gasteiger partial charge on any atom is -0.447 e. The minimum absolute atomic E-state index is 0.192. The summed E-state index contributed by atoms with van der Waals surface area (Å²) >= 11 is 0. The third-order valence-corrected chi connectivity index (χ3v) is 6.11. The average molecular weight is 501 g/mol. The summed E-state index contributed by atoms with van der Waals surface area (Å²) in [5.74, 6) is -0.917. The van der Waals surface area contributed by atoms with Gasteiger partial charge in [0, 0.05) is 24.7 Å². The van der Waals surface area contributed by atoms with E-state index in [0.29, 0.717) is 5.56 Å². The highest BCUT2D eigenvalue weighted by atomic mass is 16.5. The van der Waals surface area contributed by atoms with E-state index in [2.05, 4.69) is 33.0 Å². The highest BCUT2D eigenvalue weighted by Crippen LogP contribution is 2.32. The fraction of sp³-hybridized carbons (Fsp3) is 0.323. The zero-order chi connectivity index (χ0) is 26.9. The van der Waals surface area contributed by atoms with Crippen molar-refractivity contribution in [1.29, 1.82) is 0 Å². The SMILES string of the molecule is CC(=O)OC(C(=O)N(CC(=O)Nc1c(C(C)C)cccc1C(C)C)Cc1ccccc1)c1ccccc1. The lowest BCUT2D eigenvalue weighted by Crippen LogP contribution is -2.41. The first kappa shape index (κ1) is 27.7. The Morgan fingerprint density at radius 1 is 0.784 bits per heavy atom. The van der Waals surface area contributed by atoms with E-state index in [0.717, 1.165) is 22.4 Å². The van der Waals surface area contributed by atoms with Crippen LogP contribution in [0.1, 0.15) is 74.8 Å². The molecule has 0 spiro atoms. The number of benzene rings is 3. The molecule has 3 aromatic carbocycles. The number of para-hydroxylation sites is 1. The molecule has 6 heteroatoms. The second kappa shape index (κ2) is 12.9. The van der Waals surface area contributed by atoms with Gasteiger partial charge < -0.3 is 15.0 Å². The van der Waals surface area contributed by atoms with E-state index in [9.17, 15) is 14.4 Å². The number of ether oxygens (including phenoxy) is 1. The number of carbonyl (C=O) groups excluding carboxylic acids is 3. The molecule has 194 valence electrons. The molecule has 1 N–H and O–H groups in total. The summed E-state index contributed by atoms with van der Waals surface area (Å²) in [7, 11) is 0. The fourth-order valence-corrected chi connectivity index (χ4v) is 4.28. The number of carbonyl (C=O) groups is 3. The van der Waals surface area contributed by atoms with Crippen LogP contribution in [0.15, 0.2) is 78.9 Å². The molecule has 0 fully saturated rings. The van der Waals surface area contributed by atoms with Crippen LogP contribution in [0.3, 0.4) is 0 Å². The molecule has 0 aromatic heterocycles. The predicted molar refractivity (Wildman–Crippen MR) is 146 cm³/mol. The Balaban J connectivity index is 1.94. The molecule has 1 unspecified atom stereocenters. The second-order valence-electron chi connectivity index (χ2n) is 9.75. The van der Waals surface area contributed by atoms with Gasteiger partial charge in [-0.05, 0) is 28.5 Å². The summed E-state index contributed by atoms with van der Waals surface area (Å²) < 4.78 is 5.46. The van der Waals surface area contributed by atoms with Crippen LogP contribution < -0.4 is 5.32 Å². The van der Waals surface area contributed by atoms with Gasteiger partial charge in [-0.15, -0.1) is 0 Å². The molecule has 0 saturated carbocycles. The molecule has 3 aromatic rings. The van der Waals surface area contributed by atoms with Crippen molar-refractivity contribution < 1.29 is 19.1 Å². The average Bonchev–Trinajstić information content (AvgIpc) is 2.87. The maximum Gasteiger partial charge on any atom is 0.303 e. The molecule has 0 aliphatic rings. The van der Waals surface area contributed by atoms with Crippen LogP contribution in [-0.2, 0) is 25.7 Å². The summed E-state index contributed by atoms with van der Waals surface area (Å²) in [5, 5.41) is 3.09. The third-order valence-electron chi connectivity index (χ3n) is 6.11. The number of esters is 1. The quantitative estimate of drug-likeness (QED) is 0.336. The molecule has 0 aliphatic carbocycles. The largest absolute Gasteiger partial charge is 0.447 e. The van der Waals surface area contributed by atoms with Gasteiger partial charge in [-0.2, -0.15) is 0 Å². The van der Waals surface area contributed by atoms with Gasteiger partial charge >= 0.3 is 5.97 Å². The number of anilines is 1. The standard InChI is InChI=1S/C31H36N2O4/c1-21(2)26-17-12-18-27(22(3)4)29(26)32-28(35)20-33(19-24-13-8-6-9-14-24)31(36)30(37-23(5)34)25-15-10-7-11-16-25/h6-18,21-22,30H,19-20H2,1-5H3,(H,32,35). The number of hydrogen-bond donors (Lipinski definition) is 1.